The number of carbonyl (C=O) groups excluding carboxylic acids is 1. The van der Waals surface area contributed by atoms with E-state index in [0.29, 0.717) is 131 Å². The summed E-state index contributed by atoms with van der Waals surface area (Å²) >= 11 is 0. The van der Waals surface area contributed by atoms with E-state index >= 15 is 0 Å². The van der Waals surface area contributed by atoms with Crippen molar-refractivity contribution in [1.82, 2.24) is 0 Å². The fourth-order valence-electron chi connectivity index (χ4n) is 4.09. The minimum Gasteiger partial charge on any atom is -0.460 e. The molecule has 0 saturated heterocycles. The number of hydrogen-bond acceptors (Lipinski definition) is 13. The zero-order valence-electron chi connectivity index (χ0n) is 30.0. The molecule has 0 spiro atoms. The maximum atomic E-state index is 13.0. The Morgan fingerprint density at radius 3 is 1.31 bits per heavy atom. The van der Waals surface area contributed by atoms with Crippen LogP contribution in [0.3, 0.4) is 0 Å². The van der Waals surface area contributed by atoms with E-state index in [9.17, 15) is 18.0 Å². The Hall–Kier alpha value is -2.90. The van der Waals surface area contributed by atoms with Crippen molar-refractivity contribution in [3.8, 4) is 0 Å². The SMILES string of the molecule is CCOCCOCCOCCOCCOCCOCCOCCOCCOCCOCCOC(=O)c1ccccc1Nc1cccc(C(F)(F)F)c1. The molecule has 0 saturated carbocycles. The van der Waals surface area contributed by atoms with Gasteiger partial charge in [0.1, 0.15) is 6.61 Å². The molecule has 0 atom stereocenters. The Balaban J connectivity index is 1.31. The van der Waals surface area contributed by atoms with Gasteiger partial charge >= 0.3 is 12.1 Å². The molecule has 0 aliphatic carbocycles. The van der Waals surface area contributed by atoms with Crippen molar-refractivity contribution in [2.24, 2.45) is 0 Å². The lowest BCUT2D eigenvalue weighted by molar-refractivity contribution is -0.137. The van der Waals surface area contributed by atoms with Crippen LogP contribution in [0.4, 0.5) is 24.5 Å². The van der Waals surface area contributed by atoms with Crippen LogP contribution in [0.5, 0.6) is 0 Å². The lowest BCUT2D eigenvalue weighted by atomic mass is 10.1. The first-order chi connectivity index (χ1) is 25.4. The van der Waals surface area contributed by atoms with Gasteiger partial charge in [-0.15, -0.1) is 0 Å². The number of anilines is 2. The summed E-state index contributed by atoms with van der Waals surface area (Å²) in [6.45, 7) is 11.2. The van der Waals surface area contributed by atoms with Gasteiger partial charge in [0.2, 0.25) is 0 Å². The first-order valence-electron chi connectivity index (χ1n) is 17.4. The number of ether oxygens (including phenoxy) is 11. The van der Waals surface area contributed by atoms with E-state index in [2.05, 4.69) is 5.32 Å². The number of halogens is 3. The van der Waals surface area contributed by atoms with E-state index in [0.717, 1.165) is 12.1 Å². The molecule has 0 amide bonds. The van der Waals surface area contributed by atoms with Gasteiger partial charge in [-0.25, -0.2) is 4.79 Å². The Morgan fingerprint density at radius 1 is 0.519 bits per heavy atom. The number of alkyl halides is 3. The third kappa shape index (κ3) is 23.6. The molecule has 1 N–H and O–H groups in total. The number of carbonyl (C=O) groups is 1. The smallest absolute Gasteiger partial charge is 0.416 e. The topological polar surface area (TPSA) is 131 Å². The summed E-state index contributed by atoms with van der Waals surface area (Å²) in [5.41, 5.74) is -0.0890. The Bertz CT molecular complexity index is 1160. The number of rotatable bonds is 34. The molecule has 0 fully saturated rings. The number of benzene rings is 2. The molecule has 0 bridgehead atoms. The van der Waals surface area contributed by atoms with E-state index in [1.807, 2.05) is 6.92 Å². The van der Waals surface area contributed by atoms with Crippen LogP contribution >= 0.6 is 0 Å². The molecule has 0 unspecified atom stereocenters. The molecular formula is C36H54F3NO12. The molecule has 52 heavy (non-hydrogen) atoms. The van der Waals surface area contributed by atoms with Crippen molar-refractivity contribution >= 4 is 17.3 Å². The molecule has 2 rings (SSSR count). The molecule has 2 aromatic rings. The van der Waals surface area contributed by atoms with Gasteiger partial charge in [0.25, 0.3) is 0 Å². The summed E-state index contributed by atoms with van der Waals surface area (Å²) in [5, 5.41) is 2.86. The average Bonchev–Trinajstić information content (AvgIpc) is 3.14. The maximum absolute atomic E-state index is 13.0. The lowest BCUT2D eigenvalue weighted by Crippen LogP contribution is -2.16. The standard InChI is InChI=1S/C36H54F3NO12/c1-2-42-10-11-43-12-13-44-14-15-45-16-17-46-18-19-47-20-21-48-22-23-49-24-25-50-26-27-51-28-29-52-35(41)33-8-3-4-9-34(33)40-32-7-5-6-31(30-32)36(37,38)39/h3-9,30,40H,2,10-29H2,1H3. The Morgan fingerprint density at radius 2 is 0.904 bits per heavy atom. The quantitative estimate of drug-likeness (QED) is 0.0778. The van der Waals surface area contributed by atoms with Crippen molar-refractivity contribution in [2.45, 2.75) is 13.1 Å². The third-order valence-electron chi connectivity index (χ3n) is 6.63. The summed E-state index contributed by atoms with van der Waals surface area (Å²) in [5.74, 6) is -0.628. The van der Waals surface area contributed by atoms with Crippen LogP contribution in [-0.2, 0) is 58.3 Å². The Labute approximate surface area is 304 Å². The third-order valence-corrected chi connectivity index (χ3v) is 6.63. The molecule has 2 aromatic carbocycles. The summed E-state index contributed by atoms with van der Waals surface area (Å²) in [7, 11) is 0. The van der Waals surface area contributed by atoms with Crippen molar-refractivity contribution in [1.29, 1.82) is 0 Å². The van der Waals surface area contributed by atoms with Gasteiger partial charge in [0, 0.05) is 12.3 Å². The Kier molecular flexibility index (Phi) is 26.6. The second-order valence-electron chi connectivity index (χ2n) is 10.6. The number of hydrogen-bond donors (Lipinski definition) is 1. The van der Waals surface area contributed by atoms with Crippen LogP contribution in [0.1, 0.15) is 22.8 Å². The van der Waals surface area contributed by atoms with Gasteiger partial charge in [-0.05, 0) is 37.3 Å². The molecule has 0 heterocycles. The second-order valence-corrected chi connectivity index (χ2v) is 10.6. The molecule has 16 heteroatoms. The summed E-state index contributed by atoms with van der Waals surface area (Å²) < 4.78 is 98.5. The van der Waals surface area contributed by atoms with Gasteiger partial charge in [-0.2, -0.15) is 13.2 Å². The van der Waals surface area contributed by atoms with Crippen LogP contribution in [0.25, 0.3) is 0 Å². The van der Waals surface area contributed by atoms with E-state index in [1.165, 1.54) is 18.2 Å². The van der Waals surface area contributed by atoms with E-state index in [1.54, 1.807) is 18.2 Å². The molecular weight excluding hydrogens is 695 g/mol. The minimum absolute atomic E-state index is 0.000906. The predicted molar refractivity (Wildman–Crippen MR) is 185 cm³/mol. The van der Waals surface area contributed by atoms with Crippen LogP contribution in [0.15, 0.2) is 48.5 Å². The molecule has 0 aliphatic heterocycles. The highest BCUT2D eigenvalue weighted by atomic mass is 19.4. The second kappa shape index (κ2) is 30.6. The minimum atomic E-state index is -4.48. The molecule has 13 nitrogen and oxygen atoms in total. The zero-order chi connectivity index (χ0) is 37.4. The lowest BCUT2D eigenvalue weighted by Gasteiger charge is -2.13. The summed E-state index contributed by atoms with van der Waals surface area (Å²) in [4.78, 5) is 12.6. The predicted octanol–water partition coefficient (Wildman–Crippen LogP) is 4.79. The summed E-state index contributed by atoms with van der Waals surface area (Å²) in [6, 6.07) is 11.1. The van der Waals surface area contributed by atoms with Crippen LogP contribution in [0, 0.1) is 0 Å². The molecule has 0 aromatic heterocycles. The van der Waals surface area contributed by atoms with Gasteiger partial charge in [-0.1, -0.05) is 18.2 Å². The van der Waals surface area contributed by atoms with Crippen molar-refractivity contribution in [3.05, 3.63) is 59.7 Å². The molecule has 0 radical (unpaired) electrons. The first kappa shape index (κ1) is 45.3. The van der Waals surface area contributed by atoms with Crippen molar-refractivity contribution in [3.63, 3.8) is 0 Å². The van der Waals surface area contributed by atoms with Gasteiger partial charge in [0.15, 0.2) is 0 Å². The normalized spacial score (nSPS) is 11.6. The first-order valence-corrected chi connectivity index (χ1v) is 17.4. The highest BCUT2D eigenvalue weighted by molar-refractivity contribution is 5.96. The number of esters is 1. The fourth-order valence-corrected chi connectivity index (χ4v) is 4.09. The van der Waals surface area contributed by atoms with Gasteiger partial charge in [0.05, 0.1) is 142 Å². The van der Waals surface area contributed by atoms with E-state index < -0.39 is 17.7 Å². The highest BCUT2D eigenvalue weighted by Crippen LogP contribution is 2.32. The van der Waals surface area contributed by atoms with Crippen LogP contribution in [-0.4, -0.2) is 145 Å². The van der Waals surface area contributed by atoms with Crippen LogP contribution in [0.2, 0.25) is 0 Å². The van der Waals surface area contributed by atoms with Gasteiger partial charge < -0.3 is 57.4 Å². The van der Waals surface area contributed by atoms with Crippen LogP contribution < -0.4 is 5.32 Å². The highest BCUT2D eigenvalue weighted by Gasteiger charge is 2.30. The van der Waals surface area contributed by atoms with Crippen molar-refractivity contribution in [2.75, 3.05) is 144 Å². The number of nitrogens with one attached hydrogen (secondary N) is 1. The maximum Gasteiger partial charge on any atom is 0.416 e. The summed E-state index contributed by atoms with van der Waals surface area (Å²) in [6.07, 6.45) is -4.48. The zero-order valence-corrected chi connectivity index (χ0v) is 30.0. The monoisotopic (exact) mass is 749 g/mol. The number of para-hydroxylation sites is 1. The fraction of sp³-hybridized carbons (Fsp3) is 0.639. The van der Waals surface area contributed by atoms with E-state index in [-0.39, 0.29) is 24.5 Å². The largest absolute Gasteiger partial charge is 0.460 e. The average molecular weight is 750 g/mol. The van der Waals surface area contributed by atoms with Crippen molar-refractivity contribution < 1.29 is 70.1 Å². The molecule has 296 valence electrons. The van der Waals surface area contributed by atoms with Gasteiger partial charge in [-0.3, -0.25) is 0 Å². The molecule has 0 aliphatic rings. The van der Waals surface area contributed by atoms with E-state index in [4.69, 9.17) is 52.1 Å².